The average Bonchev–Trinajstić information content (AvgIpc) is 2.22. The van der Waals surface area contributed by atoms with Crippen molar-refractivity contribution in [3.8, 4) is 12.1 Å². The molecule has 0 spiro atoms. The number of nitriles is 2. The largest absolute Gasteiger partial charge is 0.273 e. The first-order chi connectivity index (χ1) is 7.58. The minimum atomic E-state index is -0.592. The number of halogens is 3. The smallest absolute Gasteiger partial charge is 0.237 e. The normalized spacial score (nSPS) is 8.81. The number of nitrogens with one attached hydrogen (secondary N) is 1. The molecule has 0 saturated heterocycles. The van der Waals surface area contributed by atoms with Gasteiger partial charge >= 0.3 is 0 Å². The summed E-state index contributed by atoms with van der Waals surface area (Å²) in [5.74, 6) is -0.592. The lowest BCUT2D eigenvalue weighted by molar-refractivity contribution is 0.628. The molecule has 80 valence electrons. The van der Waals surface area contributed by atoms with E-state index in [0.29, 0.717) is 0 Å². The lowest BCUT2D eigenvalue weighted by Crippen LogP contribution is -1.98. The molecule has 0 atom stereocenters. The molecule has 16 heavy (non-hydrogen) atoms. The van der Waals surface area contributed by atoms with E-state index in [1.807, 2.05) is 0 Å². The van der Waals surface area contributed by atoms with Crippen LogP contribution in [0.2, 0.25) is 10.0 Å². The zero-order chi connectivity index (χ0) is 12.1. The van der Waals surface area contributed by atoms with Crippen LogP contribution in [-0.4, -0.2) is 5.71 Å². The number of hydrogen-bond donors (Lipinski definition) is 1. The fraction of sp³-hybridized carbons (Fsp3) is 0. The van der Waals surface area contributed by atoms with Gasteiger partial charge in [0.25, 0.3) is 0 Å². The minimum absolute atomic E-state index is 0.00368. The fourth-order valence-corrected chi connectivity index (χ4v) is 1.38. The second kappa shape index (κ2) is 5.32. The maximum atomic E-state index is 12.8. The molecule has 1 rings (SSSR count). The average molecular weight is 257 g/mol. The van der Waals surface area contributed by atoms with Crippen molar-refractivity contribution < 1.29 is 4.39 Å². The highest BCUT2D eigenvalue weighted by atomic mass is 35.5. The van der Waals surface area contributed by atoms with Gasteiger partial charge in [0.1, 0.15) is 18.0 Å². The van der Waals surface area contributed by atoms with E-state index in [0.717, 1.165) is 12.1 Å². The summed E-state index contributed by atoms with van der Waals surface area (Å²) in [6.45, 7) is 0. The van der Waals surface area contributed by atoms with Crippen LogP contribution < -0.4 is 5.43 Å². The summed E-state index contributed by atoms with van der Waals surface area (Å²) in [6, 6.07) is 5.14. The van der Waals surface area contributed by atoms with E-state index in [2.05, 4.69) is 10.5 Å². The molecule has 0 amide bonds. The molecule has 0 aliphatic carbocycles. The zero-order valence-corrected chi connectivity index (χ0v) is 9.14. The highest BCUT2D eigenvalue weighted by Gasteiger charge is 2.08. The van der Waals surface area contributed by atoms with Crippen molar-refractivity contribution in [1.29, 1.82) is 10.5 Å². The maximum absolute atomic E-state index is 12.8. The van der Waals surface area contributed by atoms with E-state index < -0.39 is 11.5 Å². The molecule has 0 unspecified atom stereocenters. The molecule has 0 fully saturated rings. The molecule has 1 aromatic carbocycles. The van der Waals surface area contributed by atoms with Gasteiger partial charge in [-0.1, -0.05) is 23.2 Å². The Balaban J connectivity index is 3.05. The summed E-state index contributed by atoms with van der Waals surface area (Å²) in [6.07, 6.45) is 0. The second-order valence-corrected chi connectivity index (χ2v) is 3.35. The summed E-state index contributed by atoms with van der Waals surface area (Å²) < 4.78 is 12.8. The first kappa shape index (κ1) is 12.3. The van der Waals surface area contributed by atoms with Crippen LogP contribution in [0.15, 0.2) is 17.2 Å². The van der Waals surface area contributed by atoms with Crippen molar-refractivity contribution >= 4 is 34.6 Å². The summed E-state index contributed by atoms with van der Waals surface area (Å²) in [5, 5.41) is 20.3. The van der Waals surface area contributed by atoms with Crippen LogP contribution in [0.4, 0.5) is 10.1 Å². The van der Waals surface area contributed by atoms with Gasteiger partial charge in [-0.25, -0.2) is 4.39 Å². The van der Waals surface area contributed by atoms with Gasteiger partial charge in [0.05, 0.1) is 15.7 Å². The van der Waals surface area contributed by atoms with Gasteiger partial charge in [-0.2, -0.15) is 15.6 Å². The topological polar surface area (TPSA) is 72.0 Å². The lowest BCUT2D eigenvalue weighted by Gasteiger charge is -2.05. The van der Waals surface area contributed by atoms with Gasteiger partial charge in [0.15, 0.2) is 0 Å². The molecule has 0 aliphatic heterocycles. The molecule has 1 aromatic rings. The van der Waals surface area contributed by atoms with Crippen molar-refractivity contribution in [2.24, 2.45) is 5.10 Å². The highest BCUT2D eigenvalue weighted by molar-refractivity contribution is 6.39. The van der Waals surface area contributed by atoms with Crippen LogP contribution in [0.3, 0.4) is 0 Å². The van der Waals surface area contributed by atoms with Gasteiger partial charge in [-0.15, -0.1) is 0 Å². The number of rotatable bonds is 2. The van der Waals surface area contributed by atoms with Crippen LogP contribution in [0.25, 0.3) is 0 Å². The Labute approximate surface area is 100 Å². The van der Waals surface area contributed by atoms with E-state index in [4.69, 9.17) is 33.7 Å². The molecule has 7 heteroatoms. The van der Waals surface area contributed by atoms with Crippen LogP contribution in [-0.2, 0) is 0 Å². The Hall–Kier alpha value is -1.82. The molecule has 4 nitrogen and oxygen atoms in total. The summed E-state index contributed by atoms with van der Waals surface area (Å²) in [5.41, 5.74) is 2.06. The maximum Gasteiger partial charge on any atom is 0.237 e. The molecule has 1 N–H and O–H groups in total. The quantitative estimate of drug-likeness (QED) is 0.653. The number of hydrogen-bond acceptors (Lipinski definition) is 4. The lowest BCUT2D eigenvalue weighted by atomic mass is 10.3. The summed E-state index contributed by atoms with van der Waals surface area (Å²) >= 11 is 11.4. The molecule has 0 heterocycles. The number of anilines is 1. The van der Waals surface area contributed by atoms with Gasteiger partial charge in [-0.05, 0) is 12.1 Å². The van der Waals surface area contributed by atoms with Crippen molar-refractivity contribution in [2.75, 3.05) is 5.43 Å². The molecule has 0 aromatic heterocycles. The van der Waals surface area contributed by atoms with Crippen molar-refractivity contribution in [3.05, 3.63) is 28.0 Å². The predicted octanol–water partition coefficient (Wildman–Crippen LogP) is 2.95. The van der Waals surface area contributed by atoms with E-state index in [-0.39, 0.29) is 15.7 Å². The van der Waals surface area contributed by atoms with E-state index in [1.54, 1.807) is 0 Å². The van der Waals surface area contributed by atoms with Gasteiger partial charge in [0.2, 0.25) is 5.71 Å². The SMILES string of the molecule is N#CC(C#N)=NNc1c(Cl)cc(F)cc1Cl. The van der Waals surface area contributed by atoms with E-state index in [1.165, 1.54) is 12.1 Å². The number of nitrogens with zero attached hydrogens (tertiary/aromatic N) is 3. The molecular weight excluding hydrogens is 254 g/mol. The number of benzene rings is 1. The Bertz CT molecular complexity index is 488. The molecule has 0 bridgehead atoms. The molecule has 0 aliphatic rings. The highest BCUT2D eigenvalue weighted by Crippen LogP contribution is 2.31. The zero-order valence-electron chi connectivity index (χ0n) is 7.63. The van der Waals surface area contributed by atoms with Crippen LogP contribution >= 0.6 is 23.2 Å². The third kappa shape index (κ3) is 2.83. The van der Waals surface area contributed by atoms with Gasteiger partial charge < -0.3 is 0 Å². The van der Waals surface area contributed by atoms with Gasteiger partial charge in [0, 0.05) is 0 Å². The van der Waals surface area contributed by atoms with Gasteiger partial charge in [-0.3, -0.25) is 5.43 Å². The standard InChI is InChI=1S/C9H3Cl2FN4/c10-7-1-5(12)2-8(11)9(7)16-15-6(3-13)4-14/h1-2,16H. The summed E-state index contributed by atoms with van der Waals surface area (Å²) in [7, 11) is 0. The van der Waals surface area contributed by atoms with Crippen molar-refractivity contribution in [1.82, 2.24) is 0 Å². The monoisotopic (exact) mass is 256 g/mol. The molecule has 0 radical (unpaired) electrons. The van der Waals surface area contributed by atoms with Crippen LogP contribution in [0.1, 0.15) is 0 Å². The molecule has 0 saturated carbocycles. The summed E-state index contributed by atoms with van der Waals surface area (Å²) in [4.78, 5) is 0. The van der Waals surface area contributed by atoms with Crippen LogP contribution in [0, 0.1) is 28.5 Å². The first-order valence-electron chi connectivity index (χ1n) is 3.87. The van der Waals surface area contributed by atoms with E-state index in [9.17, 15) is 4.39 Å². The Kier molecular flexibility index (Phi) is 4.07. The Morgan fingerprint density at radius 1 is 1.25 bits per heavy atom. The third-order valence-corrected chi connectivity index (χ3v) is 2.09. The molecular formula is C9H3Cl2FN4. The minimum Gasteiger partial charge on any atom is -0.273 e. The first-order valence-corrected chi connectivity index (χ1v) is 4.62. The third-order valence-electron chi connectivity index (χ3n) is 1.50. The van der Waals surface area contributed by atoms with Crippen molar-refractivity contribution in [2.45, 2.75) is 0 Å². The predicted molar refractivity (Wildman–Crippen MR) is 58.7 cm³/mol. The Morgan fingerprint density at radius 2 is 1.75 bits per heavy atom. The van der Waals surface area contributed by atoms with Crippen LogP contribution in [0.5, 0.6) is 0 Å². The van der Waals surface area contributed by atoms with Crippen molar-refractivity contribution in [3.63, 3.8) is 0 Å². The van der Waals surface area contributed by atoms with E-state index >= 15 is 0 Å². The second-order valence-electron chi connectivity index (χ2n) is 2.54. The Morgan fingerprint density at radius 3 is 2.19 bits per heavy atom. The fourth-order valence-electron chi connectivity index (χ4n) is 0.836. The number of hydrazone groups is 1.